The fourth-order valence-corrected chi connectivity index (χ4v) is 2.47. The third-order valence-corrected chi connectivity index (χ3v) is 3.62. The molecule has 0 saturated heterocycles. The van der Waals surface area contributed by atoms with Gasteiger partial charge >= 0.3 is 0 Å². The van der Waals surface area contributed by atoms with Crippen LogP contribution in [-0.2, 0) is 14.8 Å². The van der Waals surface area contributed by atoms with E-state index in [0.29, 0.717) is 25.6 Å². The number of sulfonamides is 1. The minimum Gasteiger partial charge on any atom is -0.377 e. The van der Waals surface area contributed by atoms with Crippen LogP contribution in [0.2, 0.25) is 0 Å². The zero-order chi connectivity index (χ0) is 13.3. The Kier molecular flexibility index (Phi) is 8.77. The zero-order valence-electron chi connectivity index (χ0n) is 11.3. The molecule has 0 aliphatic carbocycles. The Morgan fingerprint density at radius 1 is 1.24 bits per heavy atom. The zero-order valence-corrected chi connectivity index (χ0v) is 12.1. The highest BCUT2D eigenvalue weighted by atomic mass is 32.2. The molecule has 0 fully saturated rings. The lowest BCUT2D eigenvalue weighted by atomic mass is 10.4. The van der Waals surface area contributed by atoms with Crippen LogP contribution in [0.3, 0.4) is 0 Å². The smallest absolute Gasteiger partial charge is 0.211 e. The average molecular weight is 266 g/mol. The molecule has 17 heavy (non-hydrogen) atoms. The second-order valence-electron chi connectivity index (χ2n) is 4.40. The van der Waals surface area contributed by atoms with Crippen molar-refractivity contribution in [1.82, 2.24) is 10.0 Å². The molecular formula is C11H26N2O3S. The second-order valence-corrected chi connectivity index (χ2v) is 6.32. The van der Waals surface area contributed by atoms with Gasteiger partial charge in [0.1, 0.15) is 0 Å². The molecule has 0 saturated carbocycles. The molecule has 0 heterocycles. The fourth-order valence-electron chi connectivity index (χ4n) is 1.31. The van der Waals surface area contributed by atoms with Crippen molar-refractivity contribution in [3.05, 3.63) is 0 Å². The molecule has 0 amide bonds. The van der Waals surface area contributed by atoms with E-state index in [9.17, 15) is 8.42 Å². The number of hydrogen-bond acceptors (Lipinski definition) is 4. The monoisotopic (exact) mass is 266 g/mol. The molecule has 0 aromatic heterocycles. The summed E-state index contributed by atoms with van der Waals surface area (Å²) in [4.78, 5) is 0. The summed E-state index contributed by atoms with van der Waals surface area (Å²) in [6, 6.07) is 0.392. The summed E-state index contributed by atoms with van der Waals surface area (Å²) in [6.07, 6.45) is 0.542. The molecule has 5 nitrogen and oxygen atoms in total. The first-order chi connectivity index (χ1) is 7.87. The largest absolute Gasteiger partial charge is 0.377 e. The van der Waals surface area contributed by atoms with Crippen LogP contribution in [0.15, 0.2) is 0 Å². The Morgan fingerprint density at radius 2 is 1.88 bits per heavy atom. The first kappa shape index (κ1) is 16.8. The van der Waals surface area contributed by atoms with Crippen LogP contribution in [0.1, 0.15) is 34.1 Å². The van der Waals surface area contributed by atoms with Crippen LogP contribution < -0.4 is 10.0 Å². The third-order valence-electron chi connectivity index (χ3n) is 2.18. The SMILES string of the molecule is CCOC(C)CNS(=O)(=O)CCCNC(C)C. The number of hydrogen-bond donors (Lipinski definition) is 2. The van der Waals surface area contributed by atoms with Gasteiger partial charge in [0.2, 0.25) is 10.0 Å². The van der Waals surface area contributed by atoms with Crippen molar-refractivity contribution in [2.24, 2.45) is 0 Å². The molecule has 2 N–H and O–H groups in total. The van der Waals surface area contributed by atoms with Gasteiger partial charge in [-0.1, -0.05) is 13.8 Å². The van der Waals surface area contributed by atoms with E-state index >= 15 is 0 Å². The molecule has 6 heteroatoms. The number of nitrogens with one attached hydrogen (secondary N) is 2. The molecule has 0 bridgehead atoms. The van der Waals surface area contributed by atoms with Crippen molar-refractivity contribution in [3.63, 3.8) is 0 Å². The van der Waals surface area contributed by atoms with E-state index in [1.807, 2.05) is 27.7 Å². The van der Waals surface area contributed by atoms with Gasteiger partial charge in [0.05, 0.1) is 11.9 Å². The molecule has 1 atom stereocenters. The van der Waals surface area contributed by atoms with Crippen molar-refractivity contribution in [1.29, 1.82) is 0 Å². The maximum atomic E-state index is 11.6. The minimum absolute atomic E-state index is 0.0800. The Balaban J connectivity index is 3.73. The van der Waals surface area contributed by atoms with E-state index in [1.165, 1.54) is 0 Å². The van der Waals surface area contributed by atoms with E-state index in [1.54, 1.807) is 0 Å². The van der Waals surface area contributed by atoms with Crippen LogP contribution in [0.4, 0.5) is 0 Å². The summed E-state index contributed by atoms with van der Waals surface area (Å²) in [6.45, 7) is 9.48. The van der Waals surface area contributed by atoms with Gasteiger partial charge in [0.15, 0.2) is 0 Å². The Hall–Kier alpha value is -0.170. The van der Waals surface area contributed by atoms with Crippen LogP contribution >= 0.6 is 0 Å². The van der Waals surface area contributed by atoms with Gasteiger partial charge in [0, 0.05) is 19.2 Å². The fraction of sp³-hybridized carbons (Fsp3) is 1.00. The van der Waals surface area contributed by atoms with Crippen LogP contribution in [0, 0.1) is 0 Å². The Morgan fingerprint density at radius 3 is 2.41 bits per heavy atom. The first-order valence-electron chi connectivity index (χ1n) is 6.19. The molecular weight excluding hydrogens is 240 g/mol. The molecule has 0 aromatic carbocycles. The highest BCUT2D eigenvalue weighted by molar-refractivity contribution is 7.89. The first-order valence-corrected chi connectivity index (χ1v) is 7.85. The lowest BCUT2D eigenvalue weighted by molar-refractivity contribution is 0.0799. The van der Waals surface area contributed by atoms with Crippen molar-refractivity contribution in [3.8, 4) is 0 Å². The quantitative estimate of drug-likeness (QED) is 0.572. The molecule has 0 radical (unpaired) electrons. The van der Waals surface area contributed by atoms with Crippen molar-refractivity contribution in [2.75, 3.05) is 25.4 Å². The standard InChI is InChI=1S/C11H26N2O3S/c1-5-16-11(4)9-13-17(14,15)8-6-7-12-10(2)3/h10-13H,5-9H2,1-4H3. The van der Waals surface area contributed by atoms with Gasteiger partial charge < -0.3 is 10.1 Å². The van der Waals surface area contributed by atoms with Gasteiger partial charge in [-0.15, -0.1) is 0 Å². The van der Waals surface area contributed by atoms with Crippen LogP contribution in [-0.4, -0.2) is 46.0 Å². The van der Waals surface area contributed by atoms with E-state index in [4.69, 9.17) is 4.74 Å². The maximum absolute atomic E-state index is 11.6. The average Bonchev–Trinajstić information content (AvgIpc) is 2.22. The van der Waals surface area contributed by atoms with Crippen molar-refractivity contribution < 1.29 is 13.2 Å². The lowest BCUT2D eigenvalue weighted by Gasteiger charge is -2.13. The molecule has 0 aliphatic heterocycles. The van der Waals surface area contributed by atoms with Gasteiger partial charge in [-0.2, -0.15) is 0 Å². The van der Waals surface area contributed by atoms with Crippen LogP contribution in [0.5, 0.6) is 0 Å². The highest BCUT2D eigenvalue weighted by Crippen LogP contribution is 1.93. The summed E-state index contributed by atoms with van der Waals surface area (Å²) in [5.41, 5.74) is 0. The van der Waals surface area contributed by atoms with E-state index < -0.39 is 10.0 Å². The summed E-state index contributed by atoms with van der Waals surface area (Å²) < 4.78 is 31.0. The van der Waals surface area contributed by atoms with Crippen LogP contribution in [0.25, 0.3) is 0 Å². The molecule has 0 spiro atoms. The van der Waals surface area contributed by atoms with E-state index in [0.717, 1.165) is 6.54 Å². The van der Waals surface area contributed by atoms with Gasteiger partial charge in [-0.3, -0.25) is 0 Å². The lowest BCUT2D eigenvalue weighted by Crippen LogP contribution is -2.35. The molecule has 104 valence electrons. The maximum Gasteiger partial charge on any atom is 0.211 e. The number of rotatable bonds is 10. The predicted octanol–water partition coefficient (Wildman–Crippen LogP) is 0.719. The highest BCUT2D eigenvalue weighted by Gasteiger charge is 2.11. The normalized spacial score (nSPS) is 14.2. The molecule has 0 aromatic rings. The van der Waals surface area contributed by atoms with Gasteiger partial charge in [-0.05, 0) is 26.8 Å². The Bertz CT molecular complexity index is 278. The van der Waals surface area contributed by atoms with E-state index in [2.05, 4.69) is 10.0 Å². The Labute approximate surface area is 105 Å². The topological polar surface area (TPSA) is 67.4 Å². The van der Waals surface area contributed by atoms with Crippen molar-refractivity contribution >= 4 is 10.0 Å². The summed E-state index contributed by atoms with van der Waals surface area (Å²) in [5, 5.41) is 3.19. The van der Waals surface area contributed by atoms with Gasteiger partial charge in [0.25, 0.3) is 0 Å². The molecule has 1 unspecified atom stereocenters. The minimum atomic E-state index is -3.16. The second kappa shape index (κ2) is 8.85. The third kappa shape index (κ3) is 10.7. The predicted molar refractivity (Wildman–Crippen MR) is 70.6 cm³/mol. The summed E-state index contributed by atoms with van der Waals surface area (Å²) >= 11 is 0. The van der Waals surface area contributed by atoms with Gasteiger partial charge in [-0.25, -0.2) is 13.1 Å². The van der Waals surface area contributed by atoms with E-state index in [-0.39, 0.29) is 11.9 Å². The van der Waals surface area contributed by atoms with Crippen molar-refractivity contribution in [2.45, 2.75) is 46.3 Å². The summed E-state index contributed by atoms with van der Waals surface area (Å²) in [7, 11) is -3.16. The number of ether oxygens (including phenoxy) is 1. The molecule has 0 aliphatic rings. The summed E-state index contributed by atoms with van der Waals surface area (Å²) in [5.74, 6) is 0.158. The molecule has 0 rings (SSSR count).